The van der Waals surface area contributed by atoms with Crippen LogP contribution in [0.15, 0.2) is 35.0 Å². The Morgan fingerprint density at radius 3 is 2.91 bits per heavy atom. The molecule has 3 nitrogen and oxygen atoms in total. The van der Waals surface area contributed by atoms with Gasteiger partial charge in [0.15, 0.2) is 11.6 Å². The minimum absolute atomic E-state index is 0.215. The summed E-state index contributed by atoms with van der Waals surface area (Å²) in [6.45, 7) is 1.12. The Balaban J connectivity index is 1.62. The van der Waals surface area contributed by atoms with Gasteiger partial charge in [-0.1, -0.05) is 0 Å². The summed E-state index contributed by atoms with van der Waals surface area (Å²) in [5.41, 5.74) is 1.51. The Hall–Kier alpha value is -1.79. The average Bonchev–Trinajstić information content (AvgIpc) is 3.13. The van der Waals surface area contributed by atoms with Crippen LogP contribution < -0.4 is 5.32 Å². The second-order valence-corrected chi connectivity index (χ2v) is 6.14. The van der Waals surface area contributed by atoms with Gasteiger partial charge in [0.2, 0.25) is 5.91 Å². The van der Waals surface area contributed by atoms with Gasteiger partial charge in [-0.15, -0.1) is 0 Å². The Morgan fingerprint density at radius 2 is 2.18 bits per heavy atom. The molecule has 0 saturated carbocycles. The molecule has 0 bridgehead atoms. The monoisotopic (exact) mass is 322 g/mol. The maximum absolute atomic E-state index is 13.1. The summed E-state index contributed by atoms with van der Waals surface area (Å²) in [6.07, 6.45) is 2.09. The summed E-state index contributed by atoms with van der Waals surface area (Å²) in [6, 6.07) is 5.71. The number of nitrogens with zero attached hydrogens (tertiary/aromatic N) is 1. The number of rotatable bonds is 4. The molecule has 0 radical (unpaired) electrons. The van der Waals surface area contributed by atoms with Gasteiger partial charge in [0.1, 0.15) is 0 Å². The van der Waals surface area contributed by atoms with Gasteiger partial charge in [0.05, 0.1) is 6.54 Å². The van der Waals surface area contributed by atoms with Crippen LogP contribution in [0.2, 0.25) is 0 Å². The molecular formula is C16H16F2N2OS. The van der Waals surface area contributed by atoms with Gasteiger partial charge in [0, 0.05) is 17.8 Å². The van der Waals surface area contributed by atoms with Crippen molar-refractivity contribution in [2.75, 3.05) is 18.4 Å². The van der Waals surface area contributed by atoms with Gasteiger partial charge >= 0.3 is 0 Å². The highest BCUT2D eigenvalue weighted by atomic mass is 32.1. The number of anilines is 1. The van der Waals surface area contributed by atoms with E-state index in [0.717, 1.165) is 31.5 Å². The number of benzene rings is 1. The van der Waals surface area contributed by atoms with Crippen molar-refractivity contribution in [2.24, 2.45) is 0 Å². The van der Waals surface area contributed by atoms with Crippen molar-refractivity contribution in [1.29, 1.82) is 0 Å². The molecule has 2 heterocycles. The van der Waals surface area contributed by atoms with Crippen LogP contribution in [0.25, 0.3) is 0 Å². The van der Waals surface area contributed by atoms with Crippen LogP contribution in [-0.4, -0.2) is 23.9 Å². The fourth-order valence-electron chi connectivity index (χ4n) is 2.82. The molecule has 1 saturated heterocycles. The first kappa shape index (κ1) is 15.1. The number of hydrogen-bond acceptors (Lipinski definition) is 3. The van der Waals surface area contributed by atoms with Gasteiger partial charge < -0.3 is 5.32 Å². The van der Waals surface area contributed by atoms with Crippen LogP contribution in [0.3, 0.4) is 0 Å². The zero-order valence-electron chi connectivity index (χ0n) is 11.9. The van der Waals surface area contributed by atoms with Crippen molar-refractivity contribution in [3.63, 3.8) is 0 Å². The number of halogens is 2. The first-order chi connectivity index (χ1) is 10.6. The molecule has 1 atom stereocenters. The van der Waals surface area contributed by atoms with Crippen LogP contribution in [0.1, 0.15) is 24.4 Å². The first-order valence-electron chi connectivity index (χ1n) is 7.14. The normalized spacial score (nSPS) is 18.5. The minimum atomic E-state index is -0.963. The van der Waals surface area contributed by atoms with Crippen LogP contribution in [-0.2, 0) is 4.79 Å². The molecule has 0 aliphatic carbocycles. The summed E-state index contributed by atoms with van der Waals surface area (Å²) >= 11 is 1.65. The summed E-state index contributed by atoms with van der Waals surface area (Å²) < 4.78 is 26.0. The Morgan fingerprint density at radius 1 is 1.32 bits per heavy atom. The predicted octanol–water partition coefficient (Wildman–Crippen LogP) is 3.80. The van der Waals surface area contributed by atoms with Crippen molar-refractivity contribution < 1.29 is 13.6 Å². The number of hydrogen-bond donors (Lipinski definition) is 1. The minimum Gasteiger partial charge on any atom is -0.325 e. The molecule has 2 aromatic rings. The molecule has 0 spiro atoms. The van der Waals surface area contributed by atoms with E-state index in [1.165, 1.54) is 11.6 Å². The number of carbonyl (C=O) groups excluding carboxylic acids is 1. The lowest BCUT2D eigenvalue weighted by Gasteiger charge is -2.23. The fraction of sp³-hybridized carbons (Fsp3) is 0.312. The Bertz CT molecular complexity index is 660. The van der Waals surface area contributed by atoms with E-state index in [2.05, 4.69) is 21.7 Å². The third-order valence-electron chi connectivity index (χ3n) is 3.84. The molecular weight excluding hydrogens is 306 g/mol. The number of thiophene rings is 1. The molecule has 22 heavy (non-hydrogen) atoms. The van der Waals surface area contributed by atoms with Gasteiger partial charge in [-0.3, -0.25) is 9.69 Å². The van der Waals surface area contributed by atoms with Crippen molar-refractivity contribution in [3.8, 4) is 0 Å². The predicted molar refractivity (Wildman–Crippen MR) is 82.9 cm³/mol. The molecule has 1 aromatic heterocycles. The zero-order chi connectivity index (χ0) is 15.5. The number of amides is 1. The van der Waals surface area contributed by atoms with Crippen molar-refractivity contribution in [3.05, 3.63) is 52.2 Å². The maximum Gasteiger partial charge on any atom is 0.238 e. The summed E-state index contributed by atoms with van der Waals surface area (Å²) in [5.74, 6) is -2.10. The van der Waals surface area contributed by atoms with Crippen LogP contribution in [0, 0.1) is 11.6 Å². The van der Waals surface area contributed by atoms with Gasteiger partial charge in [-0.2, -0.15) is 11.3 Å². The molecule has 1 fully saturated rings. The SMILES string of the molecule is O=C(CN1CCC[C@H]1c1ccsc1)Nc1ccc(F)c(F)c1. The molecule has 3 rings (SSSR count). The van der Waals surface area contributed by atoms with Gasteiger partial charge in [-0.25, -0.2) is 8.78 Å². The number of likely N-dealkylation sites (tertiary alicyclic amines) is 1. The lowest BCUT2D eigenvalue weighted by Crippen LogP contribution is -2.32. The molecule has 1 N–H and O–H groups in total. The summed E-state index contributed by atoms with van der Waals surface area (Å²) in [4.78, 5) is 14.2. The van der Waals surface area contributed by atoms with Gasteiger partial charge in [-0.05, 0) is 53.9 Å². The zero-order valence-corrected chi connectivity index (χ0v) is 12.7. The quantitative estimate of drug-likeness (QED) is 0.928. The van der Waals surface area contributed by atoms with Crippen molar-refractivity contribution in [1.82, 2.24) is 4.90 Å². The summed E-state index contributed by atoms with van der Waals surface area (Å²) in [5, 5.41) is 6.76. The molecule has 116 valence electrons. The molecule has 0 unspecified atom stereocenters. The van der Waals surface area contributed by atoms with Crippen molar-refractivity contribution >= 4 is 22.9 Å². The topological polar surface area (TPSA) is 32.3 Å². The highest BCUT2D eigenvalue weighted by Crippen LogP contribution is 2.32. The largest absolute Gasteiger partial charge is 0.325 e. The highest BCUT2D eigenvalue weighted by Gasteiger charge is 2.27. The maximum atomic E-state index is 13.1. The first-order valence-corrected chi connectivity index (χ1v) is 8.09. The third kappa shape index (κ3) is 3.34. The number of nitrogens with one attached hydrogen (secondary N) is 1. The molecule has 1 aliphatic heterocycles. The molecule has 1 amide bonds. The van der Waals surface area contributed by atoms with E-state index >= 15 is 0 Å². The standard InChI is InChI=1S/C16H16F2N2OS/c17-13-4-3-12(8-14(13)18)19-16(21)9-20-6-1-2-15(20)11-5-7-22-10-11/h3-5,7-8,10,15H,1-2,6,9H2,(H,19,21)/t15-/m0/s1. The van der Waals surface area contributed by atoms with Crippen LogP contribution in [0.4, 0.5) is 14.5 Å². The van der Waals surface area contributed by atoms with E-state index < -0.39 is 11.6 Å². The second-order valence-electron chi connectivity index (χ2n) is 5.36. The van der Waals surface area contributed by atoms with E-state index in [-0.39, 0.29) is 24.2 Å². The fourth-order valence-corrected chi connectivity index (χ4v) is 3.52. The van der Waals surface area contributed by atoms with Crippen LogP contribution >= 0.6 is 11.3 Å². The lowest BCUT2D eigenvalue weighted by atomic mass is 10.1. The third-order valence-corrected chi connectivity index (χ3v) is 4.54. The lowest BCUT2D eigenvalue weighted by molar-refractivity contribution is -0.117. The van der Waals surface area contributed by atoms with E-state index in [1.54, 1.807) is 11.3 Å². The van der Waals surface area contributed by atoms with Gasteiger partial charge in [0.25, 0.3) is 0 Å². The van der Waals surface area contributed by atoms with Crippen LogP contribution in [0.5, 0.6) is 0 Å². The van der Waals surface area contributed by atoms with E-state index in [0.29, 0.717) is 0 Å². The summed E-state index contributed by atoms with van der Waals surface area (Å²) in [7, 11) is 0. The second kappa shape index (κ2) is 6.54. The Kier molecular flexibility index (Phi) is 4.49. The van der Waals surface area contributed by atoms with E-state index in [9.17, 15) is 13.6 Å². The van der Waals surface area contributed by atoms with Crippen molar-refractivity contribution in [2.45, 2.75) is 18.9 Å². The average molecular weight is 322 g/mol. The molecule has 6 heteroatoms. The molecule has 1 aliphatic rings. The Labute approximate surface area is 131 Å². The van der Waals surface area contributed by atoms with E-state index in [4.69, 9.17) is 0 Å². The van der Waals surface area contributed by atoms with E-state index in [1.807, 2.05) is 5.38 Å². The highest BCUT2D eigenvalue weighted by molar-refractivity contribution is 7.07. The smallest absolute Gasteiger partial charge is 0.238 e. The molecule has 1 aromatic carbocycles. The number of carbonyl (C=O) groups is 1.